The number of sulfonamides is 1. The molecule has 2 atom stereocenters. The fraction of sp³-hybridized carbons (Fsp3) is 0.733. The summed E-state index contributed by atoms with van der Waals surface area (Å²) in [5.41, 5.74) is 0.645. The molecule has 1 saturated carbocycles. The highest BCUT2D eigenvalue weighted by molar-refractivity contribution is 7.89. The van der Waals surface area contributed by atoms with Crippen molar-refractivity contribution in [2.24, 2.45) is 11.8 Å². The Hall–Kier alpha value is -0.850. The number of aromatic nitrogens is 1. The average molecular weight is 314 g/mol. The molecule has 0 aliphatic heterocycles. The number of hydrogen-bond acceptors (Lipinski definition) is 3. The van der Waals surface area contributed by atoms with Crippen LogP contribution < -0.4 is 4.72 Å². The Balaban J connectivity index is 2.04. The summed E-state index contributed by atoms with van der Waals surface area (Å²) >= 11 is 0. The van der Waals surface area contributed by atoms with Crippen molar-refractivity contribution in [1.29, 1.82) is 0 Å². The van der Waals surface area contributed by atoms with Crippen molar-refractivity contribution in [3.8, 4) is 0 Å². The molecule has 1 aliphatic rings. The van der Waals surface area contributed by atoms with E-state index >= 15 is 0 Å². The third-order valence-electron chi connectivity index (χ3n) is 4.26. The molecule has 120 valence electrons. The van der Waals surface area contributed by atoms with Gasteiger partial charge in [0.05, 0.1) is 11.5 Å². The minimum Gasteiger partial charge on any atom is -0.390 e. The van der Waals surface area contributed by atoms with Crippen LogP contribution in [0.5, 0.6) is 0 Å². The molecule has 0 spiro atoms. The van der Waals surface area contributed by atoms with Gasteiger partial charge in [0.25, 0.3) is 0 Å². The van der Waals surface area contributed by atoms with Gasteiger partial charge in [-0.1, -0.05) is 20.3 Å². The van der Waals surface area contributed by atoms with E-state index in [4.69, 9.17) is 0 Å². The monoisotopic (exact) mass is 314 g/mol. The standard InChI is InChI=1S/C15H26N2O3S/c1-3-6-17-10-15(8-14(17)11-18)21(19,20)16-9-13-5-4-12(2)7-13/h8,10,12-13,16,18H,3-7,9,11H2,1-2H3. The Labute approximate surface area is 127 Å². The van der Waals surface area contributed by atoms with E-state index in [0.29, 0.717) is 30.6 Å². The zero-order valence-electron chi connectivity index (χ0n) is 12.9. The van der Waals surface area contributed by atoms with Crippen molar-refractivity contribution >= 4 is 10.0 Å². The van der Waals surface area contributed by atoms with E-state index in [1.807, 2.05) is 11.5 Å². The van der Waals surface area contributed by atoms with Gasteiger partial charge in [-0.05, 0) is 37.2 Å². The lowest BCUT2D eigenvalue weighted by molar-refractivity contribution is 0.270. The number of nitrogens with zero attached hydrogens (tertiary/aromatic N) is 1. The van der Waals surface area contributed by atoms with E-state index in [1.165, 1.54) is 6.42 Å². The van der Waals surface area contributed by atoms with Crippen LogP contribution in [0.25, 0.3) is 0 Å². The molecule has 0 radical (unpaired) electrons. The predicted molar refractivity (Wildman–Crippen MR) is 82.3 cm³/mol. The number of rotatable bonds is 7. The minimum atomic E-state index is -3.48. The molecular weight excluding hydrogens is 288 g/mol. The van der Waals surface area contributed by atoms with E-state index < -0.39 is 10.0 Å². The quantitative estimate of drug-likeness (QED) is 0.809. The van der Waals surface area contributed by atoms with Gasteiger partial charge in [0.15, 0.2) is 0 Å². The van der Waals surface area contributed by atoms with E-state index in [0.717, 1.165) is 19.3 Å². The summed E-state index contributed by atoms with van der Waals surface area (Å²) in [6, 6.07) is 1.56. The van der Waals surface area contributed by atoms with Crippen LogP contribution in [0.1, 0.15) is 45.2 Å². The largest absolute Gasteiger partial charge is 0.390 e. The van der Waals surface area contributed by atoms with E-state index in [1.54, 1.807) is 12.3 Å². The first-order chi connectivity index (χ1) is 9.96. The van der Waals surface area contributed by atoms with Crippen LogP contribution in [0, 0.1) is 11.8 Å². The normalized spacial score (nSPS) is 22.8. The van der Waals surface area contributed by atoms with Crippen molar-refractivity contribution in [1.82, 2.24) is 9.29 Å². The first-order valence-electron chi connectivity index (χ1n) is 7.75. The van der Waals surface area contributed by atoms with Gasteiger partial charge in [0, 0.05) is 25.0 Å². The topological polar surface area (TPSA) is 71.3 Å². The van der Waals surface area contributed by atoms with Gasteiger partial charge in [-0.15, -0.1) is 0 Å². The van der Waals surface area contributed by atoms with Gasteiger partial charge >= 0.3 is 0 Å². The lowest BCUT2D eigenvalue weighted by Gasteiger charge is -2.10. The number of hydrogen-bond donors (Lipinski definition) is 2. The highest BCUT2D eigenvalue weighted by Gasteiger charge is 2.24. The number of nitrogens with one attached hydrogen (secondary N) is 1. The van der Waals surface area contributed by atoms with Gasteiger partial charge < -0.3 is 9.67 Å². The molecule has 1 fully saturated rings. The van der Waals surface area contributed by atoms with Gasteiger partial charge in [-0.2, -0.15) is 0 Å². The van der Waals surface area contributed by atoms with Gasteiger partial charge in [0.1, 0.15) is 0 Å². The zero-order chi connectivity index (χ0) is 15.5. The van der Waals surface area contributed by atoms with Crippen LogP contribution in [0.3, 0.4) is 0 Å². The van der Waals surface area contributed by atoms with Crippen LogP contribution in [0.4, 0.5) is 0 Å². The average Bonchev–Trinajstić information content (AvgIpc) is 3.04. The molecule has 2 rings (SSSR count). The maximum atomic E-state index is 12.4. The van der Waals surface area contributed by atoms with Crippen molar-refractivity contribution in [3.05, 3.63) is 18.0 Å². The molecule has 0 bridgehead atoms. The lowest BCUT2D eigenvalue weighted by atomic mass is 10.1. The Morgan fingerprint density at radius 2 is 2.19 bits per heavy atom. The Kier molecular flexibility index (Phi) is 5.46. The zero-order valence-corrected chi connectivity index (χ0v) is 13.7. The highest BCUT2D eigenvalue weighted by Crippen LogP contribution is 2.30. The summed E-state index contributed by atoms with van der Waals surface area (Å²) in [6.45, 7) is 5.32. The van der Waals surface area contributed by atoms with E-state index in [-0.39, 0.29) is 11.5 Å². The molecule has 2 N–H and O–H groups in total. The molecule has 1 aliphatic carbocycles. The van der Waals surface area contributed by atoms with E-state index in [2.05, 4.69) is 11.6 Å². The van der Waals surface area contributed by atoms with Crippen LogP contribution in [-0.2, 0) is 23.2 Å². The summed E-state index contributed by atoms with van der Waals surface area (Å²) in [5, 5.41) is 9.32. The fourth-order valence-corrected chi connectivity index (χ4v) is 4.25. The van der Waals surface area contributed by atoms with Crippen molar-refractivity contribution in [3.63, 3.8) is 0 Å². The molecule has 1 heterocycles. The molecule has 21 heavy (non-hydrogen) atoms. The molecule has 1 aromatic rings. The van der Waals surface area contributed by atoms with Gasteiger partial charge in [-0.3, -0.25) is 0 Å². The number of aliphatic hydroxyl groups excluding tert-OH is 1. The lowest BCUT2D eigenvalue weighted by Crippen LogP contribution is -2.28. The van der Waals surface area contributed by atoms with Crippen molar-refractivity contribution in [2.75, 3.05) is 6.54 Å². The van der Waals surface area contributed by atoms with Crippen LogP contribution >= 0.6 is 0 Å². The molecule has 1 aromatic heterocycles. The van der Waals surface area contributed by atoms with Gasteiger partial charge in [0.2, 0.25) is 10.0 Å². The second kappa shape index (κ2) is 6.94. The second-order valence-electron chi connectivity index (χ2n) is 6.15. The fourth-order valence-electron chi connectivity index (χ4n) is 3.07. The third-order valence-corrected chi connectivity index (χ3v) is 5.65. The summed E-state index contributed by atoms with van der Waals surface area (Å²) in [4.78, 5) is 0.256. The first-order valence-corrected chi connectivity index (χ1v) is 9.24. The summed E-state index contributed by atoms with van der Waals surface area (Å²) < 4.78 is 29.2. The molecule has 0 saturated heterocycles. The molecule has 5 nitrogen and oxygen atoms in total. The summed E-state index contributed by atoms with van der Waals surface area (Å²) in [6.07, 6.45) is 5.90. The predicted octanol–water partition coefficient (Wildman–Crippen LogP) is 2.10. The van der Waals surface area contributed by atoms with Crippen LogP contribution in [0.2, 0.25) is 0 Å². The molecule has 0 aromatic carbocycles. The van der Waals surface area contributed by atoms with Crippen molar-refractivity contribution < 1.29 is 13.5 Å². The Bertz CT molecular complexity index is 565. The Morgan fingerprint density at radius 1 is 1.43 bits per heavy atom. The second-order valence-corrected chi connectivity index (χ2v) is 7.92. The molecule has 2 unspecified atom stereocenters. The number of aryl methyl sites for hydroxylation is 1. The molecule has 0 amide bonds. The smallest absolute Gasteiger partial charge is 0.242 e. The van der Waals surface area contributed by atoms with Crippen molar-refractivity contribution in [2.45, 2.75) is 57.6 Å². The maximum absolute atomic E-state index is 12.4. The summed E-state index contributed by atoms with van der Waals surface area (Å²) in [5.74, 6) is 1.15. The van der Waals surface area contributed by atoms with E-state index in [9.17, 15) is 13.5 Å². The maximum Gasteiger partial charge on any atom is 0.242 e. The summed E-state index contributed by atoms with van der Waals surface area (Å²) in [7, 11) is -3.48. The molecule has 6 heteroatoms. The van der Waals surface area contributed by atoms with Crippen LogP contribution in [-0.4, -0.2) is 24.6 Å². The third kappa shape index (κ3) is 4.08. The number of aliphatic hydroxyl groups is 1. The Morgan fingerprint density at radius 3 is 2.76 bits per heavy atom. The minimum absolute atomic E-state index is 0.143. The molecular formula is C15H26N2O3S. The highest BCUT2D eigenvalue weighted by atomic mass is 32.2. The SMILES string of the molecule is CCCn1cc(S(=O)(=O)NCC2CCC(C)C2)cc1CO. The van der Waals surface area contributed by atoms with Gasteiger partial charge in [-0.25, -0.2) is 13.1 Å². The first kappa shape index (κ1) is 16.5. The van der Waals surface area contributed by atoms with Crippen LogP contribution in [0.15, 0.2) is 17.2 Å².